The van der Waals surface area contributed by atoms with Crippen LogP contribution in [0.2, 0.25) is 0 Å². The van der Waals surface area contributed by atoms with Crippen molar-refractivity contribution in [3.05, 3.63) is 40.7 Å². The molecule has 2 aromatic rings. The van der Waals surface area contributed by atoms with E-state index in [-0.39, 0.29) is 17.8 Å². The van der Waals surface area contributed by atoms with Crippen molar-refractivity contribution in [2.24, 2.45) is 0 Å². The van der Waals surface area contributed by atoms with E-state index in [0.717, 1.165) is 10.6 Å². The van der Waals surface area contributed by atoms with Gasteiger partial charge in [0.15, 0.2) is 0 Å². The van der Waals surface area contributed by atoms with Crippen LogP contribution in [0.3, 0.4) is 0 Å². The summed E-state index contributed by atoms with van der Waals surface area (Å²) in [5, 5.41) is 0.738. The minimum atomic E-state index is -0.282. The van der Waals surface area contributed by atoms with E-state index in [0.29, 0.717) is 30.3 Å². The zero-order chi connectivity index (χ0) is 15.7. The monoisotopic (exact) mass is 320 g/mol. The lowest BCUT2D eigenvalue weighted by Gasteiger charge is -2.30. The summed E-state index contributed by atoms with van der Waals surface area (Å²) in [4.78, 5) is 19.6. The molecular formula is C16H17FN2O2S. The fraction of sp³-hybridized carbons (Fsp3) is 0.375. The predicted octanol–water partition coefficient (Wildman–Crippen LogP) is 3.12. The Morgan fingerprint density at radius 1 is 1.41 bits per heavy atom. The van der Waals surface area contributed by atoms with Crippen molar-refractivity contribution in [1.29, 1.82) is 0 Å². The number of nitrogens with zero attached hydrogens (tertiary/aromatic N) is 2. The number of hydrogen-bond acceptors (Lipinski definition) is 4. The average Bonchev–Trinajstić information content (AvgIpc) is 2.89. The summed E-state index contributed by atoms with van der Waals surface area (Å²) in [5.74, 6) is -0.283. The maximum atomic E-state index is 13.0. The van der Waals surface area contributed by atoms with E-state index in [9.17, 15) is 9.18 Å². The van der Waals surface area contributed by atoms with Gasteiger partial charge in [-0.15, -0.1) is 11.3 Å². The first-order valence-electron chi connectivity index (χ1n) is 7.19. The first-order valence-corrected chi connectivity index (χ1v) is 8.00. The Hall–Kier alpha value is -1.79. The highest BCUT2D eigenvalue weighted by Gasteiger charge is 2.26. The van der Waals surface area contributed by atoms with Crippen molar-refractivity contribution in [3.63, 3.8) is 0 Å². The maximum Gasteiger partial charge on any atom is 0.266 e. The molecule has 0 bridgehead atoms. The number of carbonyl (C=O) groups excluding carboxylic acids is 1. The van der Waals surface area contributed by atoms with Crippen molar-refractivity contribution in [2.45, 2.75) is 20.0 Å². The molecule has 1 saturated heterocycles. The third-order valence-corrected chi connectivity index (χ3v) is 4.80. The van der Waals surface area contributed by atoms with Crippen LogP contribution in [0.4, 0.5) is 4.39 Å². The van der Waals surface area contributed by atoms with Crippen molar-refractivity contribution >= 4 is 17.2 Å². The number of aromatic nitrogens is 1. The van der Waals surface area contributed by atoms with Crippen LogP contribution in [0, 0.1) is 12.7 Å². The number of hydrogen-bond donors (Lipinski definition) is 0. The van der Waals surface area contributed by atoms with Crippen molar-refractivity contribution in [1.82, 2.24) is 9.88 Å². The van der Waals surface area contributed by atoms with Gasteiger partial charge in [0.1, 0.15) is 15.7 Å². The number of thiazole rings is 1. The number of ether oxygens (including phenoxy) is 1. The van der Waals surface area contributed by atoms with Gasteiger partial charge in [0.25, 0.3) is 5.91 Å². The predicted molar refractivity (Wildman–Crippen MR) is 83.6 cm³/mol. The Morgan fingerprint density at radius 3 is 2.82 bits per heavy atom. The molecule has 1 aliphatic heterocycles. The molecule has 1 aromatic carbocycles. The van der Waals surface area contributed by atoms with Gasteiger partial charge in [0.05, 0.1) is 18.4 Å². The van der Waals surface area contributed by atoms with Gasteiger partial charge in [-0.25, -0.2) is 9.37 Å². The molecule has 1 aromatic heterocycles. The number of halogens is 1. The molecule has 4 nitrogen and oxygen atoms in total. The van der Waals surface area contributed by atoms with Crippen LogP contribution in [0.15, 0.2) is 24.3 Å². The molecule has 0 spiro atoms. The van der Waals surface area contributed by atoms with Crippen molar-refractivity contribution in [2.75, 3.05) is 19.7 Å². The van der Waals surface area contributed by atoms with Gasteiger partial charge in [0.2, 0.25) is 0 Å². The summed E-state index contributed by atoms with van der Waals surface area (Å²) < 4.78 is 18.5. The Balaban J connectivity index is 1.85. The molecule has 1 atom stereocenters. The fourth-order valence-corrected chi connectivity index (χ4v) is 3.50. The fourth-order valence-electron chi connectivity index (χ4n) is 2.46. The minimum absolute atomic E-state index is 0.00138. The molecule has 0 N–H and O–H groups in total. The van der Waals surface area contributed by atoms with E-state index in [4.69, 9.17) is 4.74 Å². The van der Waals surface area contributed by atoms with Gasteiger partial charge in [-0.2, -0.15) is 0 Å². The summed E-state index contributed by atoms with van der Waals surface area (Å²) in [6.07, 6.45) is 0.0579. The quantitative estimate of drug-likeness (QED) is 0.854. The molecule has 0 saturated carbocycles. The summed E-state index contributed by atoms with van der Waals surface area (Å²) in [5.41, 5.74) is 1.54. The van der Waals surface area contributed by atoms with E-state index >= 15 is 0 Å². The highest BCUT2D eigenvalue weighted by atomic mass is 32.1. The summed E-state index contributed by atoms with van der Waals surface area (Å²) in [6.45, 7) is 5.56. The molecule has 22 heavy (non-hydrogen) atoms. The van der Waals surface area contributed by atoms with Crippen LogP contribution in [0.25, 0.3) is 10.6 Å². The standard InChI is InChI=1S/C16H17FN2O2S/c1-10-9-19(7-8-21-10)16(20)14-11(2)18-15(22-14)12-3-5-13(17)6-4-12/h3-6,10H,7-9H2,1-2H3. The number of rotatable bonds is 2. The molecule has 1 amide bonds. The van der Waals surface area contributed by atoms with Gasteiger partial charge in [-0.1, -0.05) is 0 Å². The van der Waals surface area contributed by atoms with E-state index in [1.165, 1.54) is 23.5 Å². The number of carbonyl (C=O) groups is 1. The third kappa shape index (κ3) is 3.03. The zero-order valence-electron chi connectivity index (χ0n) is 12.5. The van der Waals surface area contributed by atoms with Gasteiger partial charge in [-0.3, -0.25) is 4.79 Å². The molecule has 3 rings (SSSR count). The minimum Gasteiger partial charge on any atom is -0.375 e. The van der Waals surface area contributed by atoms with Crippen LogP contribution in [0.5, 0.6) is 0 Å². The Morgan fingerprint density at radius 2 is 2.14 bits per heavy atom. The molecule has 1 aliphatic rings. The second kappa shape index (κ2) is 6.14. The first kappa shape index (κ1) is 15.1. The van der Waals surface area contributed by atoms with Crippen LogP contribution in [0.1, 0.15) is 22.3 Å². The lowest BCUT2D eigenvalue weighted by Crippen LogP contribution is -2.44. The molecule has 1 fully saturated rings. The number of aryl methyl sites for hydroxylation is 1. The van der Waals surface area contributed by atoms with Gasteiger partial charge >= 0.3 is 0 Å². The molecule has 0 radical (unpaired) electrons. The van der Waals surface area contributed by atoms with Gasteiger partial charge < -0.3 is 9.64 Å². The Kier molecular flexibility index (Phi) is 4.22. The highest BCUT2D eigenvalue weighted by Crippen LogP contribution is 2.29. The normalized spacial score (nSPS) is 18.5. The summed E-state index contributed by atoms with van der Waals surface area (Å²) in [7, 11) is 0. The van der Waals surface area contributed by atoms with Crippen molar-refractivity contribution in [3.8, 4) is 10.6 Å². The van der Waals surface area contributed by atoms with Gasteiger partial charge in [0, 0.05) is 18.7 Å². The lowest BCUT2D eigenvalue weighted by molar-refractivity contribution is -0.0122. The largest absolute Gasteiger partial charge is 0.375 e. The first-order chi connectivity index (χ1) is 10.5. The third-order valence-electron chi connectivity index (χ3n) is 3.61. The van der Waals surface area contributed by atoms with E-state index in [1.54, 1.807) is 12.1 Å². The molecule has 0 aliphatic carbocycles. The maximum absolute atomic E-state index is 13.0. The lowest BCUT2D eigenvalue weighted by atomic mass is 10.2. The zero-order valence-corrected chi connectivity index (χ0v) is 13.3. The Labute approximate surface area is 132 Å². The number of morpholine rings is 1. The van der Waals surface area contributed by atoms with Crippen molar-refractivity contribution < 1.29 is 13.9 Å². The topological polar surface area (TPSA) is 42.4 Å². The smallest absolute Gasteiger partial charge is 0.266 e. The second-order valence-electron chi connectivity index (χ2n) is 5.37. The van der Waals surface area contributed by atoms with Crippen LogP contribution >= 0.6 is 11.3 Å². The SMILES string of the molecule is Cc1nc(-c2ccc(F)cc2)sc1C(=O)N1CCOC(C)C1. The molecule has 116 valence electrons. The summed E-state index contributed by atoms with van der Waals surface area (Å²) >= 11 is 1.36. The van der Waals surface area contributed by atoms with Crippen LogP contribution in [-0.4, -0.2) is 41.6 Å². The Bertz CT molecular complexity index is 684. The van der Waals surface area contributed by atoms with Gasteiger partial charge in [-0.05, 0) is 38.1 Å². The highest BCUT2D eigenvalue weighted by molar-refractivity contribution is 7.17. The number of benzene rings is 1. The number of amides is 1. The van der Waals surface area contributed by atoms with Crippen LogP contribution < -0.4 is 0 Å². The average molecular weight is 320 g/mol. The van der Waals surface area contributed by atoms with E-state index in [1.807, 2.05) is 18.7 Å². The summed E-state index contributed by atoms with van der Waals surface area (Å²) in [6, 6.07) is 6.16. The second-order valence-corrected chi connectivity index (χ2v) is 6.37. The molecule has 2 heterocycles. The van der Waals surface area contributed by atoms with E-state index in [2.05, 4.69) is 4.98 Å². The molecular weight excluding hydrogens is 303 g/mol. The molecule has 6 heteroatoms. The van der Waals surface area contributed by atoms with Crippen LogP contribution in [-0.2, 0) is 4.74 Å². The molecule has 1 unspecified atom stereocenters. The van der Waals surface area contributed by atoms with E-state index < -0.39 is 0 Å².